The number of benzene rings is 1. The Morgan fingerprint density at radius 2 is 2.08 bits per heavy atom. The lowest BCUT2D eigenvalue weighted by Gasteiger charge is -2.23. The first-order valence-corrected chi connectivity index (χ1v) is 7.47. The van der Waals surface area contributed by atoms with Gasteiger partial charge in [0.2, 0.25) is 5.91 Å². The highest BCUT2D eigenvalue weighted by molar-refractivity contribution is 5.81. The van der Waals surface area contributed by atoms with Crippen LogP contribution in [0.15, 0.2) is 24.3 Å². The van der Waals surface area contributed by atoms with Crippen LogP contribution in [-0.4, -0.2) is 54.3 Å². The molecule has 6 nitrogen and oxygen atoms in total. The smallest absolute Gasteiger partial charge is 0.387 e. The summed E-state index contributed by atoms with van der Waals surface area (Å²) in [5.74, 6) is -1.40. The van der Waals surface area contributed by atoms with E-state index in [-0.39, 0.29) is 37.1 Å². The number of carboxylic acids is 1. The first-order valence-electron chi connectivity index (χ1n) is 7.47. The van der Waals surface area contributed by atoms with Crippen LogP contribution in [0.1, 0.15) is 18.4 Å². The van der Waals surface area contributed by atoms with E-state index in [9.17, 15) is 18.4 Å². The van der Waals surface area contributed by atoms with Gasteiger partial charge in [-0.1, -0.05) is 18.2 Å². The molecule has 2 atom stereocenters. The van der Waals surface area contributed by atoms with E-state index in [4.69, 9.17) is 9.84 Å². The van der Waals surface area contributed by atoms with Gasteiger partial charge in [-0.25, -0.2) is 0 Å². The molecule has 1 aliphatic heterocycles. The van der Waals surface area contributed by atoms with Gasteiger partial charge < -0.3 is 19.5 Å². The number of hydrogen-bond acceptors (Lipinski definition) is 4. The molecule has 0 bridgehead atoms. The number of halogens is 2. The van der Waals surface area contributed by atoms with Crippen molar-refractivity contribution in [2.45, 2.75) is 38.0 Å². The van der Waals surface area contributed by atoms with E-state index in [1.165, 1.54) is 30.2 Å². The lowest BCUT2D eigenvalue weighted by atomic mass is 10.1. The number of nitrogens with zero attached hydrogens (tertiary/aromatic N) is 1. The van der Waals surface area contributed by atoms with Gasteiger partial charge in [-0.3, -0.25) is 9.59 Å². The van der Waals surface area contributed by atoms with Gasteiger partial charge in [-0.15, -0.1) is 0 Å². The van der Waals surface area contributed by atoms with Gasteiger partial charge in [0.05, 0.1) is 18.9 Å². The van der Waals surface area contributed by atoms with Crippen LogP contribution in [0.3, 0.4) is 0 Å². The van der Waals surface area contributed by atoms with Crippen molar-refractivity contribution in [3.05, 3.63) is 29.8 Å². The first kappa shape index (κ1) is 18.1. The summed E-state index contributed by atoms with van der Waals surface area (Å²) in [5, 5.41) is 8.98. The van der Waals surface area contributed by atoms with E-state index in [0.29, 0.717) is 12.0 Å². The molecule has 0 saturated carbocycles. The van der Waals surface area contributed by atoms with Crippen LogP contribution in [0.5, 0.6) is 5.75 Å². The number of para-hydroxylation sites is 1. The van der Waals surface area contributed by atoms with Crippen molar-refractivity contribution >= 4 is 11.9 Å². The predicted molar refractivity (Wildman–Crippen MR) is 79.9 cm³/mol. The molecule has 0 spiro atoms. The summed E-state index contributed by atoms with van der Waals surface area (Å²) in [7, 11) is 1.50. The monoisotopic (exact) mass is 343 g/mol. The van der Waals surface area contributed by atoms with Crippen LogP contribution in [0, 0.1) is 0 Å². The van der Waals surface area contributed by atoms with E-state index >= 15 is 0 Å². The number of methoxy groups -OCH3 is 1. The number of carbonyl (C=O) groups excluding carboxylic acids is 1. The number of ether oxygens (including phenoxy) is 2. The van der Waals surface area contributed by atoms with Crippen molar-refractivity contribution in [1.82, 2.24) is 4.90 Å². The number of carboxylic acid groups (broad SMARTS) is 1. The normalized spacial score (nSPS) is 20.4. The van der Waals surface area contributed by atoms with Gasteiger partial charge in [-0.2, -0.15) is 8.78 Å². The minimum Gasteiger partial charge on any atom is -0.481 e. The Balaban J connectivity index is 2.11. The fraction of sp³-hybridized carbons (Fsp3) is 0.500. The molecule has 1 N–H and O–H groups in total. The fourth-order valence-electron chi connectivity index (χ4n) is 2.87. The van der Waals surface area contributed by atoms with Gasteiger partial charge in [-0.05, 0) is 12.5 Å². The van der Waals surface area contributed by atoms with Gasteiger partial charge in [0.1, 0.15) is 5.75 Å². The third kappa shape index (κ3) is 4.64. The third-order valence-corrected chi connectivity index (χ3v) is 3.97. The molecule has 8 heteroatoms. The SMILES string of the molecule is COC1CC(CC(=O)O)N(C(=O)Cc2ccccc2OC(F)F)C1. The van der Waals surface area contributed by atoms with E-state index in [1.54, 1.807) is 6.07 Å². The number of carbonyl (C=O) groups is 2. The summed E-state index contributed by atoms with van der Waals surface area (Å²) >= 11 is 0. The maximum atomic E-state index is 12.5. The first-order chi connectivity index (χ1) is 11.4. The Bertz CT molecular complexity index is 596. The van der Waals surface area contributed by atoms with Gasteiger partial charge in [0.25, 0.3) is 0 Å². The maximum absolute atomic E-state index is 12.5. The molecule has 2 rings (SSSR count). The number of aliphatic carboxylic acids is 1. The largest absolute Gasteiger partial charge is 0.481 e. The average molecular weight is 343 g/mol. The minimum atomic E-state index is -2.98. The molecule has 1 aliphatic rings. The molecule has 0 radical (unpaired) electrons. The van der Waals surface area contributed by atoms with Crippen molar-refractivity contribution in [1.29, 1.82) is 0 Å². The molecule has 1 saturated heterocycles. The molecular formula is C16H19F2NO5. The van der Waals surface area contributed by atoms with Crippen molar-refractivity contribution in [2.24, 2.45) is 0 Å². The quantitative estimate of drug-likeness (QED) is 0.819. The average Bonchev–Trinajstić information content (AvgIpc) is 2.91. The molecule has 1 fully saturated rings. The number of amides is 1. The standard InChI is InChI=1S/C16H19F2NO5/c1-23-12-7-11(8-15(21)22)19(9-12)14(20)6-10-4-2-3-5-13(10)24-16(17)18/h2-5,11-12,16H,6-9H2,1H3,(H,21,22). The maximum Gasteiger partial charge on any atom is 0.387 e. The number of hydrogen-bond donors (Lipinski definition) is 1. The van der Waals surface area contributed by atoms with Crippen molar-refractivity contribution in [2.75, 3.05) is 13.7 Å². The Labute approximate surface area is 138 Å². The second-order valence-electron chi connectivity index (χ2n) is 5.55. The summed E-state index contributed by atoms with van der Waals surface area (Å²) < 4.78 is 34.5. The molecular weight excluding hydrogens is 324 g/mol. The van der Waals surface area contributed by atoms with Crippen LogP contribution >= 0.6 is 0 Å². The highest BCUT2D eigenvalue weighted by Gasteiger charge is 2.36. The lowest BCUT2D eigenvalue weighted by molar-refractivity contribution is -0.139. The van der Waals surface area contributed by atoms with E-state index < -0.39 is 18.6 Å². The van der Waals surface area contributed by atoms with Crippen molar-refractivity contribution in [3.8, 4) is 5.75 Å². The summed E-state index contributed by atoms with van der Waals surface area (Å²) in [6, 6.07) is 5.59. The molecule has 24 heavy (non-hydrogen) atoms. The molecule has 0 aromatic heterocycles. The fourth-order valence-corrected chi connectivity index (χ4v) is 2.87. The van der Waals surface area contributed by atoms with Crippen molar-refractivity contribution < 1.29 is 33.0 Å². The molecule has 1 aromatic carbocycles. The van der Waals surface area contributed by atoms with Gasteiger partial charge in [0.15, 0.2) is 0 Å². The Morgan fingerprint density at radius 1 is 1.38 bits per heavy atom. The lowest BCUT2D eigenvalue weighted by Crippen LogP contribution is -2.38. The topological polar surface area (TPSA) is 76.1 Å². The van der Waals surface area contributed by atoms with Crippen LogP contribution < -0.4 is 4.74 Å². The number of alkyl halides is 2. The van der Waals surface area contributed by atoms with Crippen LogP contribution in [0.4, 0.5) is 8.78 Å². The predicted octanol–water partition coefficient (Wildman–Crippen LogP) is 1.92. The van der Waals surface area contributed by atoms with Gasteiger partial charge in [0, 0.05) is 25.3 Å². The zero-order valence-corrected chi connectivity index (χ0v) is 13.2. The molecule has 0 aliphatic carbocycles. The number of likely N-dealkylation sites (tertiary alicyclic amines) is 1. The summed E-state index contributed by atoms with van der Waals surface area (Å²) in [5.41, 5.74) is 0.331. The summed E-state index contributed by atoms with van der Waals surface area (Å²) in [6.45, 7) is -2.70. The minimum absolute atomic E-state index is 0.0573. The van der Waals surface area contributed by atoms with E-state index in [0.717, 1.165) is 0 Å². The number of rotatable bonds is 7. The summed E-state index contributed by atoms with van der Waals surface area (Å²) in [4.78, 5) is 25.0. The molecule has 1 aromatic rings. The second kappa shape index (κ2) is 8.05. The Hall–Kier alpha value is -2.22. The van der Waals surface area contributed by atoms with Crippen molar-refractivity contribution in [3.63, 3.8) is 0 Å². The molecule has 132 valence electrons. The second-order valence-corrected chi connectivity index (χ2v) is 5.55. The van der Waals surface area contributed by atoms with E-state index in [1.807, 2.05) is 0 Å². The van der Waals surface area contributed by atoms with E-state index in [2.05, 4.69) is 4.74 Å². The van der Waals surface area contributed by atoms with Gasteiger partial charge >= 0.3 is 12.6 Å². The Morgan fingerprint density at radius 3 is 2.71 bits per heavy atom. The van der Waals surface area contributed by atoms with Crippen LogP contribution in [-0.2, 0) is 20.7 Å². The summed E-state index contributed by atoms with van der Waals surface area (Å²) in [6.07, 6.45) is -0.120. The molecule has 1 amide bonds. The zero-order valence-electron chi connectivity index (χ0n) is 13.2. The third-order valence-electron chi connectivity index (χ3n) is 3.97. The van der Waals surface area contributed by atoms with Crippen LogP contribution in [0.25, 0.3) is 0 Å². The molecule has 2 unspecified atom stereocenters. The molecule has 1 heterocycles. The Kier molecular flexibility index (Phi) is 6.08. The van der Waals surface area contributed by atoms with Crippen LogP contribution in [0.2, 0.25) is 0 Å². The zero-order chi connectivity index (χ0) is 17.7. The highest BCUT2D eigenvalue weighted by Crippen LogP contribution is 2.26. The highest BCUT2D eigenvalue weighted by atomic mass is 19.3.